The van der Waals surface area contributed by atoms with E-state index in [9.17, 15) is 22.4 Å². The minimum atomic E-state index is -4.54. The third kappa shape index (κ3) is 8.77. The fraction of sp³-hybridized carbons (Fsp3) is 0.435. The van der Waals surface area contributed by atoms with Crippen LogP contribution in [-0.4, -0.2) is 29.2 Å². The smallest absolute Gasteiger partial charge is 0.322 e. The Bertz CT molecular complexity index is 906. The molecule has 0 radical (unpaired) electrons. The molecule has 5 nitrogen and oxygen atoms in total. The van der Waals surface area contributed by atoms with Gasteiger partial charge in [-0.1, -0.05) is 25.7 Å². The van der Waals surface area contributed by atoms with Gasteiger partial charge in [-0.3, -0.25) is 14.8 Å². The molecule has 0 saturated heterocycles. The second kappa shape index (κ2) is 13.3. The molecule has 1 aromatic heterocycles. The number of amides is 1. The number of pyridine rings is 1. The molecule has 0 spiro atoms. The largest absolute Gasteiger partial charge is 0.417 e. The van der Waals surface area contributed by atoms with E-state index < -0.39 is 29.5 Å². The number of aromatic nitrogens is 1. The second-order valence-electron chi connectivity index (χ2n) is 7.45. The first-order chi connectivity index (χ1) is 15.8. The number of thioether (sulfide) groups is 1. The molecule has 0 bridgehead atoms. The monoisotopic (exact) mass is 484 g/mol. The molecule has 1 aromatic carbocycles. The van der Waals surface area contributed by atoms with Gasteiger partial charge < -0.3 is 11.1 Å². The molecule has 1 amide bonds. The third-order valence-corrected chi connectivity index (χ3v) is 5.85. The number of nitrogens with zero attached hydrogens (tertiary/aromatic N) is 2. The minimum absolute atomic E-state index is 0.183. The standard InChI is InChI=1S/C23H28F4N4OS/c1-29-20(7-5-3-2-4-6-12-33-15-28)18-13-17(9-10-19(18)24)31-22(32)21-11-8-16(14-30-21)23(25,26)27/h8-11,13-14,20H,1-7,12,15,28H2,(H,31,32). The lowest BCUT2D eigenvalue weighted by atomic mass is 9.99. The van der Waals surface area contributed by atoms with Crippen LogP contribution in [0.15, 0.2) is 41.5 Å². The van der Waals surface area contributed by atoms with E-state index in [1.54, 1.807) is 11.8 Å². The van der Waals surface area contributed by atoms with E-state index in [2.05, 4.69) is 22.0 Å². The van der Waals surface area contributed by atoms with Gasteiger partial charge in [0.1, 0.15) is 11.5 Å². The molecule has 0 aliphatic carbocycles. The Labute approximate surface area is 195 Å². The summed E-state index contributed by atoms with van der Waals surface area (Å²) in [6.45, 7) is 3.57. The Morgan fingerprint density at radius 3 is 2.52 bits per heavy atom. The van der Waals surface area contributed by atoms with E-state index in [1.807, 2.05) is 0 Å². The summed E-state index contributed by atoms with van der Waals surface area (Å²) < 4.78 is 52.4. The highest BCUT2D eigenvalue weighted by molar-refractivity contribution is 7.99. The van der Waals surface area contributed by atoms with Crippen molar-refractivity contribution in [3.63, 3.8) is 0 Å². The number of benzene rings is 1. The number of hydrogen-bond donors (Lipinski definition) is 2. The van der Waals surface area contributed by atoms with E-state index >= 15 is 0 Å². The lowest BCUT2D eigenvalue weighted by molar-refractivity contribution is -0.137. The summed E-state index contributed by atoms with van der Waals surface area (Å²) in [5, 5.41) is 2.54. The summed E-state index contributed by atoms with van der Waals surface area (Å²) in [4.78, 5) is 20.0. The highest BCUT2D eigenvalue weighted by Crippen LogP contribution is 2.30. The zero-order chi connectivity index (χ0) is 24.3. The van der Waals surface area contributed by atoms with Crippen LogP contribution in [0.25, 0.3) is 0 Å². The van der Waals surface area contributed by atoms with Crippen molar-refractivity contribution in [2.24, 2.45) is 10.7 Å². The SMILES string of the molecule is C=NC(CCCCCCCSCN)c1cc(NC(=O)c2ccc(C(F)(F)F)cn2)ccc1F. The summed E-state index contributed by atoms with van der Waals surface area (Å²) in [6, 6.07) is 5.39. The second-order valence-corrected chi connectivity index (χ2v) is 8.60. The number of nitrogens with two attached hydrogens (primary N) is 1. The van der Waals surface area contributed by atoms with Gasteiger partial charge in [-0.2, -0.15) is 13.2 Å². The average molecular weight is 485 g/mol. The number of hydrogen-bond acceptors (Lipinski definition) is 5. The molecule has 180 valence electrons. The zero-order valence-corrected chi connectivity index (χ0v) is 19.0. The molecule has 0 aliphatic heterocycles. The lowest BCUT2D eigenvalue weighted by Gasteiger charge is -2.15. The average Bonchev–Trinajstić information content (AvgIpc) is 2.79. The summed E-state index contributed by atoms with van der Waals surface area (Å²) in [7, 11) is 0. The van der Waals surface area contributed by atoms with Gasteiger partial charge in [0.05, 0.1) is 11.6 Å². The van der Waals surface area contributed by atoms with Gasteiger partial charge in [0, 0.05) is 23.3 Å². The Hall–Kier alpha value is -2.46. The minimum Gasteiger partial charge on any atom is -0.322 e. The van der Waals surface area contributed by atoms with E-state index in [4.69, 9.17) is 5.73 Å². The van der Waals surface area contributed by atoms with Crippen LogP contribution in [-0.2, 0) is 6.18 Å². The molecule has 2 aromatic rings. The van der Waals surface area contributed by atoms with Gasteiger partial charge in [0.25, 0.3) is 5.91 Å². The van der Waals surface area contributed by atoms with Crippen LogP contribution in [0.3, 0.4) is 0 Å². The molecule has 0 fully saturated rings. The molecule has 1 unspecified atom stereocenters. The van der Waals surface area contributed by atoms with E-state index in [-0.39, 0.29) is 5.69 Å². The number of carbonyl (C=O) groups excluding carboxylic acids is 1. The first-order valence-corrected chi connectivity index (χ1v) is 11.8. The van der Waals surface area contributed by atoms with Crippen molar-refractivity contribution >= 4 is 30.1 Å². The van der Waals surface area contributed by atoms with E-state index in [0.717, 1.165) is 50.0 Å². The van der Waals surface area contributed by atoms with Crippen molar-refractivity contribution in [1.82, 2.24) is 4.98 Å². The number of carbonyl (C=O) groups is 1. The van der Waals surface area contributed by atoms with Gasteiger partial charge in [-0.25, -0.2) is 4.39 Å². The van der Waals surface area contributed by atoms with Crippen molar-refractivity contribution < 1.29 is 22.4 Å². The number of halogens is 4. The van der Waals surface area contributed by atoms with Crippen LogP contribution < -0.4 is 11.1 Å². The van der Waals surface area contributed by atoms with E-state index in [0.29, 0.717) is 29.7 Å². The summed E-state index contributed by atoms with van der Waals surface area (Å²) in [5.41, 5.74) is 4.92. The fourth-order valence-corrected chi connectivity index (χ4v) is 3.84. The first kappa shape index (κ1) is 26.8. The van der Waals surface area contributed by atoms with Crippen LogP contribution in [0, 0.1) is 5.82 Å². The molecule has 1 heterocycles. The van der Waals surface area contributed by atoms with Crippen LogP contribution in [0.2, 0.25) is 0 Å². The molecule has 2 rings (SSSR count). The van der Waals surface area contributed by atoms with Gasteiger partial charge in [0.15, 0.2) is 0 Å². The molecule has 1 atom stereocenters. The van der Waals surface area contributed by atoms with Crippen molar-refractivity contribution in [3.8, 4) is 0 Å². The fourth-order valence-electron chi connectivity index (χ4n) is 3.27. The van der Waals surface area contributed by atoms with Crippen LogP contribution in [0.5, 0.6) is 0 Å². The summed E-state index contributed by atoms with van der Waals surface area (Å²) in [6.07, 6.45) is 1.85. The maximum absolute atomic E-state index is 14.4. The molecule has 0 saturated carbocycles. The highest BCUT2D eigenvalue weighted by Gasteiger charge is 2.31. The number of alkyl halides is 3. The first-order valence-electron chi connectivity index (χ1n) is 10.6. The van der Waals surface area contributed by atoms with Gasteiger partial charge in [-0.05, 0) is 55.6 Å². The van der Waals surface area contributed by atoms with Gasteiger partial charge in [-0.15, -0.1) is 11.8 Å². The molecule has 3 N–H and O–H groups in total. The Balaban J connectivity index is 1.95. The predicted molar refractivity (Wildman–Crippen MR) is 125 cm³/mol. The van der Waals surface area contributed by atoms with Crippen molar-refractivity contribution in [1.29, 1.82) is 0 Å². The molecular weight excluding hydrogens is 456 g/mol. The third-order valence-electron chi connectivity index (χ3n) is 5.04. The summed E-state index contributed by atoms with van der Waals surface area (Å²) in [5.74, 6) is 0.534. The Kier molecular flexibility index (Phi) is 10.8. The van der Waals surface area contributed by atoms with E-state index in [1.165, 1.54) is 18.2 Å². The number of nitrogens with one attached hydrogen (secondary N) is 1. The molecule has 0 aliphatic rings. The Morgan fingerprint density at radius 1 is 1.15 bits per heavy atom. The number of unbranched alkanes of at least 4 members (excludes halogenated alkanes) is 4. The molecular formula is C23H28F4N4OS. The quantitative estimate of drug-likeness (QED) is 0.153. The number of anilines is 1. The summed E-state index contributed by atoms with van der Waals surface area (Å²) >= 11 is 1.72. The number of aliphatic imine (C=N–C) groups is 1. The van der Waals surface area contributed by atoms with Gasteiger partial charge in [0.2, 0.25) is 0 Å². The van der Waals surface area contributed by atoms with Crippen molar-refractivity contribution in [3.05, 3.63) is 59.2 Å². The topological polar surface area (TPSA) is 80.4 Å². The predicted octanol–water partition coefficient (Wildman–Crippen LogP) is 6.22. The molecule has 33 heavy (non-hydrogen) atoms. The maximum Gasteiger partial charge on any atom is 0.417 e. The van der Waals surface area contributed by atoms with Gasteiger partial charge >= 0.3 is 6.18 Å². The maximum atomic E-state index is 14.4. The number of rotatable bonds is 13. The highest BCUT2D eigenvalue weighted by atomic mass is 32.2. The van der Waals surface area contributed by atoms with Crippen LogP contribution in [0.4, 0.5) is 23.2 Å². The van der Waals surface area contributed by atoms with Crippen molar-refractivity contribution in [2.75, 3.05) is 16.9 Å². The molecule has 10 heteroatoms. The Morgan fingerprint density at radius 2 is 1.88 bits per heavy atom. The lowest BCUT2D eigenvalue weighted by Crippen LogP contribution is -2.15. The zero-order valence-electron chi connectivity index (χ0n) is 18.2. The van der Waals surface area contributed by atoms with Crippen LogP contribution in [0.1, 0.15) is 66.2 Å². The van der Waals surface area contributed by atoms with Crippen LogP contribution >= 0.6 is 11.8 Å². The van der Waals surface area contributed by atoms with Crippen molar-refractivity contribution in [2.45, 2.75) is 50.7 Å². The normalized spacial score (nSPS) is 12.4.